The minimum Gasteiger partial charge on any atom is -0.325 e. The van der Waals surface area contributed by atoms with Crippen LogP contribution in [0.5, 0.6) is 0 Å². The molecule has 0 bridgehead atoms. The summed E-state index contributed by atoms with van der Waals surface area (Å²) in [5.74, 6) is 0.419. The highest BCUT2D eigenvalue weighted by molar-refractivity contribution is 7.89. The number of carbonyl (C=O) groups excluding carboxylic acids is 1. The monoisotopic (exact) mass is 443 g/mol. The molecular weight excluding hydrogens is 410 g/mol. The average Bonchev–Trinajstić information content (AvgIpc) is 2.73. The van der Waals surface area contributed by atoms with E-state index >= 15 is 0 Å². The molecule has 0 radical (unpaired) electrons. The molecule has 1 aliphatic rings. The Hall–Kier alpha value is -2.22. The summed E-state index contributed by atoms with van der Waals surface area (Å²) in [4.78, 5) is 14.8. The van der Waals surface area contributed by atoms with Gasteiger partial charge < -0.3 is 5.32 Å². The minimum atomic E-state index is -3.52. The van der Waals surface area contributed by atoms with Gasteiger partial charge in [-0.25, -0.2) is 8.42 Å². The number of piperazine rings is 1. The van der Waals surface area contributed by atoms with Crippen LogP contribution in [0.25, 0.3) is 0 Å². The third-order valence-electron chi connectivity index (χ3n) is 6.02. The number of nitrogens with one attached hydrogen (secondary N) is 1. The fourth-order valence-corrected chi connectivity index (χ4v) is 5.52. The lowest BCUT2D eigenvalue weighted by atomic mass is 9.99. The zero-order valence-corrected chi connectivity index (χ0v) is 19.7. The SMILES string of the molecule is CCC(C)c1ccc(NC(=O)CN2CCN(S(=O)(=O)c3ccc(C)cc3C)CC2)cc1. The molecule has 1 aliphatic heterocycles. The first kappa shape index (κ1) is 23.4. The van der Waals surface area contributed by atoms with Gasteiger partial charge in [-0.1, -0.05) is 43.7 Å². The highest BCUT2D eigenvalue weighted by atomic mass is 32.2. The number of hydrogen-bond donors (Lipinski definition) is 1. The largest absolute Gasteiger partial charge is 0.325 e. The van der Waals surface area contributed by atoms with Crippen molar-refractivity contribution in [1.29, 1.82) is 0 Å². The van der Waals surface area contributed by atoms with E-state index in [1.165, 1.54) is 9.87 Å². The molecular formula is C24H33N3O3S. The minimum absolute atomic E-state index is 0.0815. The third-order valence-corrected chi connectivity index (χ3v) is 8.08. The third kappa shape index (κ3) is 5.73. The smallest absolute Gasteiger partial charge is 0.243 e. The fourth-order valence-electron chi connectivity index (χ4n) is 3.89. The first-order chi connectivity index (χ1) is 14.7. The number of anilines is 1. The molecule has 0 spiro atoms. The number of aryl methyl sites for hydroxylation is 2. The zero-order valence-electron chi connectivity index (χ0n) is 18.9. The van der Waals surface area contributed by atoms with Crippen LogP contribution in [-0.4, -0.2) is 56.3 Å². The fraction of sp³-hybridized carbons (Fsp3) is 0.458. The van der Waals surface area contributed by atoms with Crippen molar-refractivity contribution >= 4 is 21.6 Å². The number of amides is 1. The molecule has 1 saturated heterocycles. The van der Waals surface area contributed by atoms with Gasteiger partial charge in [0.25, 0.3) is 0 Å². The first-order valence-corrected chi connectivity index (χ1v) is 12.3. The van der Waals surface area contributed by atoms with Crippen LogP contribution in [0.2, 0.25) is 0 Å². The van der Waals surface area contributed by atoms with E-state index in [1.807, 2.05) is 43.0 Å². The van der Waals surface area contributed by atoms with Crippen molar-refractivity contribution in [3.63, 3.8) is 0 Å². The first-order valence-electron chi connectivity index (χ1n) is 10.9. The maximum Gasteiger partial charge on any atom is 0.243 e. The van der Waals surface area contributed by atoms with E-state index in [0.717, 1.165) is 23.2 Å². The Morgan fingerprint density at radius 1 is 1.03 bits per heavy atom. The van der Waals surface area contributed by atoms with E-state index < -0.39 is 10.0 Å². The summed E-state index contributed by atoms with van der Waals surface area (Å²) in [6.07, 6.45) is 1.08. The van der Waals surface area contributed by atoms with E-state index in [2.05, 4.69) is 31.3 Å². The maximum absolute atomic E-state index is 13.0. The van der Waals surface area contributed by atoms with Crippen LogP contribution < -0.4 is 5.32 Å². The number of nitrogens with zero attached hydrogens (tertiary/aromatic N) is 2. The van der Waals surface area contributed by atoms with Gasteiger partial charge in [0.1, 0.15) is 0 Å². The summed E-state index contributed by atoms with van der Waals surface area (Å²) >= 11 is 0. The molecule has 6 nitrogen and oxygen atoms in total. The van der Waals surface area contributed by atoms with Crippen LogP contribution in [0.1, 0.15) is 42.9 Å². The van der Waals surface area contributed by atoms with Gasteiger partial charge in [-0.2, -0.15) is 4.31 Å². The summed E-state index contributed by atoms with van der Waals surface area (Å²) < 4.78 is 27.5. The van der Waals surface area contributed by atoms with Gasteiger partial charge in [0.05, 0.1) is 11.4 Å². The molecule has 168 valence electrons. The molecule has 2 aromatic rings. The molecule has 1 N–H and O–H groups in total. The van der Waals surface area contributed by atoms with Crippen molar-refractivity contribution in [2.75, 3.05) is 38.0 Å². The lowest BCUT2D eigenvalue weighted by Crippen LogP contribution is -2.50. The molecule has 2 aromatic carbocycles. The van der Waals surface area contributed by atoms with E-state index in [0.29, 0.717) is 37.0 Å². The number of benzene rings is 2. The second-order valence-corrected chi connectivity index (χ2v) is 10.3. The number of rotatable bonds is 7. The van der Waals surface area contributed by atoms with Crippen LogP contribution in [0.15, 0.2) is 47.4 Å². The van der Waals surface area contributed by atoms with Crippen LogP contribution >= 0.6 is 0 Å². The predicted octanol–water partition coefficient (Wildman–Crippen LogP) is 3.76. The molecule has 31 heavy (non-hydrogen) atoms. The Labute approximate surface area is 186 Å². The van der Waals surface area contributed by atoms with Crippen LogP contribution in [0, 0.1) is 13.8 Å². The normalized spacial score (nSPS) is 16.8. The zero-order chi connectivity index (χ0) is 22.6. The maximum atomic E-state index is 13.0. The Morgan fingerprint density at radius 3 is 2.26 bits per heavy atom. The summed E-state index contributed by atoms with van der Waals surface area (Å²) in [6.45, 7) is 10.2. The van der Waals surface area contributed by atoms with Crippen molar-refractivity contribution in [3.05, 3.63) is 59.2 Å². The molecule has 0 aromatic heterocycles. The van der Waals surface area contributed by atoms with Gasteiger partial charge in [-0.3, -0.25) is 9.69 Å². The second kappa shape index (κ2) is 9.94. The van der Waals surface area contributed by atoms with Crippen LogP contribution in [-0.2, 0) is 14.8 Å². The standard InChI is InChI=1S/C24H33N3O3S/c1-5-19(3)21-7-9-22(10-8-21)25-24(28)17-26-12-14-27(15-13-26)31(29,30)23-11-6-18(2)16-20(23)4/h6-11,16,19H,5,12-15,17H2,1-4H3,(H,25,28). The summed E-state index contributed by atoms with van der Waals surface area (Å²) in [7, 11) is -3.52. The highest BCUT2D eigenvalue weighted by Gasteiger charge is 2.30. The Bertz CT molecular complexity index is 1010. The number of sulfonamides is 1. The molecule has 7 heteroatoms. The van der Waals surface area contributed by atoms with Gasteiger partial charge in [-0.15, -0.1) is 0 Å². The summed E-state index contributed by atoms with van der Waals surface area (Å²) in [5.41, 5.74) is 3.86. The van der Waals surface area contributed by atoms with Crippen molar-refractivity contribution in [3.8, 4) is 0 Å². The molecule has 1 atom stereocenters. The van der Waals surface area contributed by atoms with Crippen molar-refractivity contribution in [2.24, 2.45) is 0 Å². The number of carbonyl (C=O) groups is 1. The van der Waals surface area contributed by atoms with Gasteiger partial charge in [0.2, 0.25) is 15.9 Å². The molecule has 1 unspecified atom stereocenters. The predicted molar refractivity (Wildman–Crippen MR) is 125 cm³/mol. The molecule has 1 fully saturated rings. The van der Waals surface area contributed by atoms with E-state index in [-0.39, 0.29) is 12.5 Å². The van der Waals surface area contributed by atoms with E-state index in [4.69, 9.17) is 0 Å². The molecule has 3 rings (SSSR count). The van der Waals surface area contributed by atoms with Gasteiger partial charge in [-0.05, 0) is 55.5 Å². The van der Waals surface area contributed by atoms with E-state index in [9.17, 15) is 13.2 Å². The van der Waals surface area contributed by atoms with Crippen molar-refractivity contribution < 1.29 is 13.2 Å². The topological polar surface area (TPSA) is 69.7 Å². The number of hydrogen-bond acceptors (Lipinski definition) is 4. The van der Waals surface area contributed by atoms with Gasteiger partial charge in [0.15, 0.2) is 0 Å². The average molecular weight is 444 g/mol. The quantitative estimate of drug-likeness (QED) is 0.707. The lowest BCUT2D eigenvalue weighted by Gasteiger charge is -2.33. The van der Waals surface area contributed by atoms with Crippen LogP contribution in [0.4, 0.5) is 5.69 Å². The lowest BCUT2D eigenvalue weighted by molar-refractivity contribution is -0.117. The van der Waals surface area contributed by atoms with Crippen molar-refractivity contribution in [2.45, 2.75) is 44.9 Å². The van der Waals surface area contributed by atoms with Crippen molar-refractivity contribution in [1.82, 2.24) is 9.21 Å². The second-order valence-electron chi connectivity index (χ2n) is 8.43. The molecule has 0 saturated carbocycles. The van der Waals surface area contributed by atoms with Crippen LogP contribution in [0.3, 0.4) is 0 Å². The summed E-state index contributed by atoms with van der Waals surface area (Å²) in [6, 6.07) is 13.4. The highest BCUT2D eigenvalue weighted by Crippen LogP contribution is 2.23. The molecule has 0 aliphatic carbocycles. The van der Waals surface area contributed by atoms with Gasteiger partial charge >= 0.3 is 0 Å². The molecule has 1 amide bonds. The van der Waals surface area contributed by atoms with E-state index in [1.54, 1.807) is 6.07 Å². The molecule has 1 heterocycles. The Morgan fingerprint density at radius 2 is 1.68 bits per heavy atom. The van der Waals surface area contributed by atoms with Gasteiger partial charge in [0, 0.05) is 31.9 Å². The summed E-state index contributed by atoms with van der Waals surface area (Å²) in [5, 5.41) is 2.94. The Kier molecular flexibility index (Phi) is 7.51. The Balaban J connectivity index is 1.53.